The predicted octanol–water partition coefficient (Wildman–Crippen LogP) is 2.30. The minimum absolute atomic E-state index is 0.100. The molecule has 0 unspecified atom stereocenters. The van der Waals surface area contributed by atoms with Crippen LogP contribution in [0.1, 0.15) is 35.3 Å². The van der Waals surface area contributed by atoms with Crippen LogP contribution in [0.5, 0.6) is 0 Å². The van der Waals surface area contributed by atoms with E-state index in [1.54, 1.807) is 51.2 Å². The lowest BCUT2D eigenvalue weighted by molar-refractivity contribution is 0.0952. The number of rotatable bonds is 7. The number of carbonyl (C=O) groups excluding carboxylic acids is 1. The van der Waals surface area contributed by atoms with Gasteiger partial charge in [-0.3, -0.25) is 9.59 Å². The van der Waals surface area contributed by atoms with Crippen molar-refractivity contribution < 1.29 is 13.2 Å². The van der Waals surface area contributed by atoms with Crippen molar-refractivity contribution in [3.05, 3.63) is 81.6 Å². The maximum absolute atomic E-state index is 12.7. The number of para-hydroxylation sites is 1. The first kappa shape index (κ1) is 21.7. The molecule has 0 aliphatic heterocycles. The van der Waals surface area contributed by atoms with Gasteiger partial charge in [-0.15, -0.1) is 0 Å². The molecule has 0 saturated heterocycles. The fourth-order valence-electron chi connectivity index (χ4n) is 3.25. The average molecular weight is 428 g/mol. The first-order valence-electron chi connectivity index (χ1n) is 9.61. The van der Waals surface area contributed by atoms with Crippen LogP contribution in [0.3, 0.4) is 0 Å². The van der Waals surface area contributed by atoms with Crippen molar-refractivity contribution in [3.8, 4) is 0 Å². The number of amides is 1. The number of carbonyl (C=O) groups is 1. The molecule has 2 aromatic carbocycles. The van der Waals surface area contributed by atoms with Gasteiger partial charge in [0.25, 0.3) is 11.5 Å². The van der Waals surface area contributed by atoms with Crippen LogP contribution in [-0.4, -0.2) is 24.9 Å². The van der Waals surface area contributed by atoms with Gasteiger partial charge in [0.05, 0.1) is 16.8 Å². The average Bonchev–Trinajstić information content (AvgIpc) is 2.68. The van der Waals surface area contributed by atoms with Crippen molar-refractivity contribution in [3.63, 3.8) is 0 Å². The number of nitrogens with one attached hydrogen (secondary N) is 2. The Balaban J connectivity index is 1.71. The van der Waals surface area contributed by atoms with Gasteiger partial charge in [-0.05, 0) is 31.0 Å². The number of benzene rings is 2. The van der Waals surface area contributed by atoms with E-state index in [1.165, 1.54) is 10.6 Å². The number of nitrogens with zero attached hydrogens (tertiary/aromatic N) is 1. The first-order valence-corrected chi connectivity index (χ1v) is 11.3. The number of fused-ring (bicyclic) bond motifs is 1. The second-order valence-electron chi connectivity index (χ2n) is 7.50. The highest BCUT2D eigenvalue weighted by atomic mass is 32.2. The van der Waals surface area contributed by atoms with Crippen molar-refractivity contribution in [1.29, 1.82) is 0 Å². The van der Waals surface area contributed by atoms with E-state index < -0.39 is 10.0 Å². The summed E-state index contributed by atoms with van der Waals surface area (Å²) in [4.78, 5) is 24.9. The van der Waals surface area contributed by atoms with Gasteiger partial charge in [-0.2, -0.15) is 0 Å². The quantitative estimate of drug-likeness (QED) is 0.605. The second kappa shape index (κ2) is 8.81. The molecule has 0 saturated carbocycles. The second-order valence-corrected chi connectivity index (χ2v) is 9.26. The summed E-state index contributed by atoms with van der Waals surface area (Å²) in [7, 11) is -1.72. The van der Waals surface area contributed by atoms with Gasteiger partial charge in [0.2, 0.25) is 10.0 Å². The molecule has 1 amide bonds. The van der Waals surface area contributed by atoms with Crippen LogP contribution >= 0.6 is 0 Å². The van der Waals surface area contributed by atoms with E-state index >= 15 is 0 Å². The molecular weight excluding hydrogens is 402 g/mol. The summed E-state index contributed by atoms with van der Waals surface area (Å²) in [6, 6.07) is 15.5. The number of sulfonamides is 1. The maximum Gasteiger partial charge on any atom is 0.252 e. The van der Waals surface area contributed by atoms with E-state index in [4.69, 9.17) is 0 Å². The lowest BCUT2D eigenvalue weighted by Gasteiger charge is -2.11. The zero-order valence-electron chi connectivity index (χ0n) is 17.2. The molecule has 1 heterocycles. The van der Waals surface area contributed by atoms with Crippen molar-refractivity contribution >= 4 is 26.8 Å². The third-order valence-corrected chi connectivity index (χ3v) is 6.19. The summed E-state index contributed by atoms with van der Waals surface area (Å²) in [5, 5.41) is 3.53. The van der Waals surface area contributed by atoms with E-state index in [9.17, 15) is 18.0 Å². The van der Waals surface area contributed by atoms with Gasteiger partial charge in [0.15, 0.2) is 0 Å². The Kier molecular flexibility index (Phi) is 6.38. The van der Waals surface area contributed by atoms with Crippen LogP contribution < -0.4 is 15.6 Å². The van der Waals surface area contributed by atoms with Crippen LogP contribution in [0.4, 0.5) is 0 Å². The highest BCUT2D eigenvalue weighted by molar-refractivity contribution is 7.88. The molecule has 0 bridgehead atoms. The van der Waals surface area contributed by atoms with Gasteiger partial charge >= 0.3 is 0 Å². The summed E-state index contributed by atoms with van der Waals surface area (Å²) >= 11 is 0. The monoisotopic (exact) mass is 427 g/mol. The fraction of sp³-hybridized carbons (Fsp3) is 0.273. The van der Waals surface area contributed by atoms with E-state index in [1.807, 2.05) is 18.2 Å². The lowest BCUT2D eigenvalue weighted by atomic mass is 10.1. The van der Waals surface area contributed by atoms with Crippen LogP contribution in [0.2, 0.25) is 0 Å². The molecule has 0 atom stereocenters. The Morgan fingerprint density at radius 2 is 1.67 bits per heavy atom. The van der Waals surface area contributed by atoms with Gasteiger partial charge in [0, 0.05) is 31.1 Å². The molecule has 3 rings (SSSR count). The molecule has 0 fully saturated rings. The molecule has 0 aliphatic carbocycles. The highest BCUT2D eigenvalue weighted by Crippen LogP contribution is 2.16. The van der Waals surface area contributed by atoms with Crippen molar-refractivity contribution in [2.75, 3.05) is 0 Å². The molecule has 0 aliphatic rings. The van der Waals surface area contributed by atoms with E-state index in [-0.39, 0.29) is 29.8 Å². The Morgan fingerprint density at radius 3 is 2.33 bits per heavy atom. The Morgan fingerprint density at radius 1 is 1.03 bits per heavy atom. The Hall–Kier alpha value is -2.97. The van der Waals surface area contributed by atoms with E-state index in [0.717, 1.165) is 5.56 Å². The smallest absolute Gasteiger partial charge is 0.252 e. The van der Waals surface area contributed by atoms with E-state index in [0.29, 0.717) is 22.0 Å². The molecule has 0 spiro atoms. The Bertz CT molecular complexity index is 1230. The summed E-state index contributed by atoms with van der Waals surface area (Å²) in [5.74, 6) is -0.436. The number of hydrogen-bond donors (Lipinski definition) is 2. The summed E-state index contributed by atoms with van der Waals surface area (Å²) < 4.78 is 28.1. The number of pyridine rings is 1. The summed E-state index contributed by atoms with van der Waals surface area (Å²) in [6.07, 6.45) is 0. The van der Waals surface area contributed by atoms with Crippen molar-refractivity contribution in [2.45, 2.75) is 32.2 Å². The van der Waals surface area contributed by atoms with Crippen LogP contribution in [-0.2, 0) is 29.4 Å². The van der Waals surface area contributed by atoms with Gasteiger partial charge in [-0.25, -0.2) is 13.1 Å². The molecule has 30 heavy (non-hydrogen) atoms. The van der Waals surface area contributed by atoms with Crippen molar-refractivity contribution in [2.24, 2.45) is 7.05 Å². The molecule has 158 valence electrons. The summed E-state index contributed by atoms with van der Waals surface area (Å²) in [6.45, 7) is 3.81. The molecule has 2 N–H and O–H groups in total. The number of hydrogen-bond acceptors (Lipinski definition) is 4. The topological polar surface area (TPSA) is 97.3 Å². The van der Waals surface area contributed by atoms with Gasteiger partial charge in [-0.1, -0.05) is 42.5 Å². The highest BCUT2D eigenvalue weighted by Gasteiger charge is 2.14. The predicted molar refractivity (Wildman–Crippen MR) is 118 cm³/mol. The van der Waals surface area contributed by atoms with Gasteiger partial charge in [0.1, 0.15) is 0 Å². The van der Waals surface area contributed by atoms with Crippen molar-refractivity contribution in [1.82, 2.24) is 14.6 Å². The third-order valence-electron chi connectivity index (χ3n) is 4.65. The largest absolute Gasteiger partial charge is 0.348 e. The SMILES string of the molecule is CC(C)NS(=O)(=O)Cc1ccc(CNC(=O)c2cc(=O)n(C)c3ccccc23)cc1. The molecular formula is C22H25N3O4S. The molecule has 3 aromatic rings. The standard InChI is InChI=1S/C22H25N3O4S/c1-15(2)24-30(28,29)14-17-10-8-16(9-11-17)13-23-22(27)19-12-21(26)25(3)20-7-5-4-6-18(19)20/h4-12,15,24H,13-14H2,1-3H3,(H,23,27). The molecule has 0 radical (unpaired) electrons. The maximum atomic E-state index is 12.7. The molecule has 8 heteroatoms. The van der Waals surface area contributed by atoms with Crippen LogP contribution in [0.25, 0.3) is 10.9 Å². The van der Waals surface area contributed by atoms with E-state index in [2.05, 4.69) is 10.0 Å². The minimum atomic E-state index is -3.39. The first-order chi connectivity index (χ1) is 14.2. The zero-order valence-corrected chi connectivity index (χ0v) is 18.0. The van der Waals surface area contributed by atoms with Gasteiger partial charge < -0.3 is 9.88 Å². The summed E-state index contributed by atoms with van der Waals surface area (Å²) in [5.41, 5.74) is 2.26. The normalized spacial score (nSPS) is 11.7. The van der Waals surface area contributed by atoms with Crippen LogP contribution in [0.15, 0.2) is 59.4 Å². The number of aryl methyl sites for hydroxylation is 1. The molecule has 7 nitrogen and oxygen atoms in total. The number of aromatic nitrogens is 1. The zero-order chi connectivity index (χ0) is 21.9. The minimum Gasteiger partial charge on any atom is -0.348 e. The Labute approximate surface area is 175 Å². The molecule has 1 aromatic heterocycles. The lowest BCUT2D eigenvalue weighted by Crippen LogP contribution is -2.31. The fourth-order valence-corrected chi connectivity index (χ4v) is 4.68. The third kappa shape index (κ3) is 5.14. The van der Waals surface area contributed by atoms with Crippen LogP contribution in [0, 0.1) is 0 Å².